The van der Waals surface area contributed by atoms with Crippen LogP contribution in [0.5, 0.6) is 5.75 Å². The summed E-state index contributed by atoms with van der Waals surface area (Å²) < 4.78 is 5.40. The number of aliphatic hydroxyl groups excluding tert-OH is 1. The van der Waals surface area contributed by atoms with Crippen molar-refractivity contribution in [2.45, 2.75) is 6.42 Å². The normalized spacial score (nSPS) is 10.5. The number of benzene rings is 2. The molecule has 2 aromatic carbocycles. The van der Waals surface area contributed by atoms with Crippen molar-refractivity contribution in [2.75, 3.05) is 13.7 Å². The van der Waals surface area contributed by atoms with E-state index in [1.807, 2.05) is 24.3 Å². The number of fused-ring (bicyclic) bond motifs is 1. The average molecular weight is 202 g/mol. The molecule has 1 N–H and O–H groups in total. The fraction of sp³-hybridized carbons (Fsp3) is 0.231. The molecule has 0 radical (unpaired) electrons. The number of ether oxygens (including phenoxy) is 1. The van der Waals surface area contributed by atoms with E-state index in [0.29, 0.717) is 6.42 Å². The first-order valence-electron chi connectivity index (χ1n) is 5.02. The molecule has 2 rings (SSSR count). The van der Waals surface area contributed by atoms with Gasteiger partial charge in [0.05, 0.1) is 7.11 Å². The third kappa shape index (κ3) is 1.81. The van der Waals surface area contributed by atoms with Gasteiger partial charge in [-0.25, -0.2) is 0 Å². The summed E-state index contributed by atoms with van der Waals surface area (Å²) in [6.45, 7) is 0.148. The summed E-state index contributed by atoms with van der Waals surface area (Å²) in [5, 5.41) is 11.2. The Labute approximate surface area is 89.1 Å². The van der Waals surface area contributed by atoms with Gasteiger partial charge in [0.2, 0.25) is 0 Å². The van der Waals surface area contributed by atoms with E-state index >= 15 is 0 Å². The smallest absolute Gasteiger partial charge is 0.129 e. The number of aliphatic hydroxyl groups is 1. The van der Waals surface area contributed by atoms with Crippen molar-refractivity contribution >= 4 is 10.8 Å². The highest BCUT2D eigenvalue weighted by Gasteiger charge is 2.06. The van der Waals surface area contributed by atoms with Crippen LogP contribution in [-0.2, 0) is 6.42 Å². The highest BCUT2D eigenvalue weighted by atomic mass is 16.5. The minimum absolute atomic E-state index is 0.148. The largest absolute Gasteiger partial charge is 0.496 e. The Balaban J connectivity index is 2.64. The van der Waals surface area contributed by atoms with Crippen LogP contribution in [0.2, 0.25) is 0 Å². The molecular weight excluding hydrogens is 188 g/mol. The van der Waals surface area contributed by atoms with E-state index in [2.05, 4.69) is 12.1 Å². The maximum absolute atomic E-state index is 8.96. The van der Waals surface area contributed by atoms with Gasteiger partial charge < -0.3 is 9.84 Å². The van der Waals surface area contributed by atoms with Gasteiger partial charge in [-0.2, -0.15) is 0 Å². The zero-order valence-corrected chi connectivity index (χ0v) is 8.73. The molecule has 0 saturated heterocycles. The Morgan fingerprint density at radius 3 is 2.67 bits per heavy atom. The zero-order valence-electron chi connectivity index (χ0n) is 8.73. The van der Waals surface area contributed by atoms with E-state index in [0.717, 1.165) is 22.1 Å². The van der Waals surface area contributed by atoms with Crippen molar-refractivity contribution in [3.05, 3.63) is 42.0 Å². The first-order valence-corrected chi connectivity index (χ1v) is 5.02. The predicted molar refractivity (Wildman–Crippen MR) is 61.3 cm³/mol. The monoisotopic (exact) mass is 202 g/mol. The second-order valence-electron chi connectivity index (χ2n) is 3.45. The zero-order chi connectivity index (χ0) is 10.7. The van der Waals surface area contributed by atoms with Crippen molar-refractivity contribution in [3.8, 4) is 5.75 Å². The van der Waals surface area contributed by atoms with Crippen molar-refractivity contribution in [3.63, 3.8) is 0 Å². The predicted octanol–water partition coefficient (Wildman–Crippen LogP) is 2.38. The van der Waals surface area contributed by atoms with E-state index in [1.165, 1.54) is 0 Å². The van der Waals surface area contributed by atoms with E-state index in [4.69, 9.17) is 9.84 Å². The number of hydrogen-bond donors (Lipinski definition) is 1. The van der Waals surface area contributed by atoms with Gasteiger partial charge in [0.15, 0.2) is 0 Å². The van der Waals surface area contributed by atoms with Crippen molar-refractivity contribution in [1.82, 2.24) is 0 Å². The number of hydrogen-bond acceptors (Lipinski definition) is 2. The molecule has 2 nitrogen and oxygen atoms in total. The molecule has 0 spiro atoms. The fourth-order valence-corrected chi connectivity index (χ4v) is 1.85. The van der Waals surface area contributed by atoms with Crippen LogP contribution in [0.1, 0.15) is 5.56 Å². The maximum atomic E-state index is 8.96. The van der Waals surface area contributed by atoms with Gasteiger partial charge in [-0.15, -0.1) is 0 Å². The molecule has 0 aliphatic rings. The molecular formula is C13H14O2. The van der Waals surface area contributed by atoms with Crippen molar-refractivity contribution < 1.29 is 9.84 Å². The summed E-state index contributed by atoms with van der Waals surface area (Å²) in [4.78, 5) is 0. The summed E-state index contributed by atoms with van der Waals surface area (Å²) in [7, 11) is 1.67. The lowest BCUT2D eigenvalue weighted by Gasteiger charge is -2.10. The molecule has 15 heavy (non-hydrogen) atoms. The summed E-state index contributed by atoms with van der Waals surface area (Å²) in [5.74, 6) is 0.877. The van der Waals surface area contributed by atoms with Gasteiger partial charge in [0.1, 0.15) is 5.75 Å². The topological polar surface area (TPSA) is 29.5 Å². The molecule has 78 valence electrons. The van der Waals surface area contributed by atoms with Crippen LogP contribution < -0.4 is 4.74 Å². The minimum Gasteiger partial charge on any atom is -0.496 e. The van der Waals surface area contributed by atoms with Crippen LogP contribution in [0.25, 0.3) is 10.8 Å². The molecule has 0 atom stereocenters. The maximum Gasteiger partial charge on any atom is 0.129 e. The second kappa shape index (κ2) is 4.32. The molecule has 0 saturated carbocycles. The SMILES string of the molecule is COc1c(CCO)ccc2ccccc12. The molecule has 0 fully saturated rings. The van der Waals surface area contributed by atoms with Crippen LogP contribution in [0.3, 0.4) is 0 Å². The minimum atomic E-state index is 0.148. The van der Waals surface area contributed by atoms with E-state index in [9.17, 15) is 0 Å². The standard InChI is InChI=1S/C13H14O2/c1-15-13-11(8-9-14)7-6-10-4-2-3-5-12(10)13/h2-7,14H,8-9H2,1H3. The fourth-order valence-electron chi connectivity index (χ4n) is 1.85. The average Bonchev–Trinajstić information content (AvgIpc) is 2.29. The lowest BCUT2D eigenvalue weighted by atomic mass is 10.0. The first kappa shape index (κ1) is 9.99. The Morgan fingerprint density at radius 1 is 1.13 bits per heavy atom. The lowest BCUT2D eigenvalue weighted by Crippen LogP contribution is -1.96. The van der Waals surface area contributed by atoms with Crippen LogP contribution in [0, 0.1) is 0 Å². The van der Waals surface area contributed by atoms with E-state index < -0.39 is 0 Å². The lowest BCUT2D eigenvalue weighted by molar-refractivity contribution is 0.297. The quantitative estimate of drug-likeness (QED) is 0.828. The van der Waals surface area contributed by atoms with Crippen LogP contribution in [-0.4, -0.2) is 18.8 Å². The Kier molecular flexibility index (Phi) is 2.88. The highest BCUT2D eigenvalue weighted by Crippen LogP contribution is 2.29. The summed E-state index contributed by atoms with van der Waals surface area (Å²) in [6.07, 6.45) is 0.633. The Bertz CT molecular complexity index is 463. The summed E-state index contributed by atoms with van der Waals surface area (Å²) in [5.41, 5.74) is 1.05. The molecule has 2 heteroatoms. The third-order valence-electron chi connectivity index (χ3n) is 2.55. The number of rotatable bonds is 3. The van der Waals surface area contributed by atoms with Crippen LogP contribution in [0.4, 0.5) is 0 Å². The Morgan fingerprint density at radius 2 is 1.93 bits per heavy atom. The second-order valence-corrected chi connectivity index (χ2v) is 3.45. The van der Waals surface area contributed by atoms with E-state index in [-0.39, 0.29) is 6.61 Å². The molecule has 2 aromatic rings. The van der Waals surface area contributed by atoms with Crippen molar-refractivity contribution in [2.24, 2.45) is 0 Å². The third-order valence-corrected chi connectivity index (χ3v) is 2.55. The Hall–Kier alpha value is -1.54. The van der Waals surface area contributed by atoms with E-state index in [1.54, 1.807) is 7.11 Å². The number of methoxy groups -OCH3 is 1. The molecule has 0 unspecified atom stereocenters. The first-order chi connectivity index (χ1) is 7.36. The van der Waals surface area contributed by atoms with Gasteiger partial charge in [-0.05, 0) is 17.4 Å². The van der Waals surface area contributed by atoms with Gasteiger partial charge in [-0.1, -0.05) is 36.4 Å². The van der Waals surface area contributed by atoms with Crippen molar-refractivity contribution in [1.29, 1.82) is 0 Å². The van der Waals surface area contributed by atoms with Gasteiger partial charge >= 0.3 is 0 Å². The van der Waals surface area contributed by atoms with Crippen LogP contribution >= 0.6 is 0 Å². The summed E-state index contributed by atoms with van der Waals surface area (Å²) in [6, 6.07) is 12.2. The van der Waals surface area contributed by atoms with Crippen LogP contribution in [0.15, 0.2) is 36.4 Å². The molecule has 0 bridgehead atoms. The van der Waals surface area contributed by atoms with Gasteiger partial charge in [0.25, 0.3) is 0 Å². The molecule has 0 aliphatic carbocycles. The molecule has 0 aromatic heterocycles. The summed E-state index contributed by atoms with van der Waals surface area (Å²) >= 11 is 0. The molecule has 0 heterocycles. The molecule has 0 aliphatic heterocycles. The molecule has 0 amide bonds. The van der Waals surface area contributed by atoms with Gasteiger partial charge in [-0.3, -0.25) is 0 Å². The highest BCUT2D eigenvalue weighted by molar-refractivity contribution is 5.89. The van der Waals surface area contributed by atoms with Gasteiger partial charge in [0, 0.05) is 12.0 Å².